The van der Waals surface area contributed by atoms with Crippen molar-refractivity contribution in [3.63, 3.8) is 0 Å². The predicted molar refractivity (Wildman–Crippen MR) is 127 cm³/mol. The summed E-state index contributed by atoms with van der Waals surface area (Å²) < 4.78 is 38.5. The third-order valence-electron chi connectivity index (χ3n) is 8.43. The lowest BCUT2D eigenvalue weighted by atomic mass is 9.48. The van der Waals surface area contributed by atoms with Gasteiger partial charge >= 0.3 is 12.2 Å². The van der Waals surface area contributed by atoms with Gasteiger partial charge in [0.25, 0.3) is 11.8 Å². The Morgan fingerprint density at radius 3 is 1.92 bits per heavy atom. The smallest absolute Gasteiger partial charge is 0.273 e. The maximum atomic E-state index is 13.2. The highest BCUT2D eigenvalue weighted by atomic mass is 19.4. The van der Waals surface area contributed by atoms with Crippen molar-refractivity contribution in [1.29, 1.82) is 0 Å². The lowest BCUT2D eigenvalue weighted by Gasteiger charge is -2.57. The van der Waals surface area contributed by atoms with Gasteiger partial charge in [0, 0.05) is 0 Å². The monoisotopic (exact) mass is 494 g/mol. The number of nitrogens with one attached hydrogen (secondary N) is 1. The van der Waals surface area contributed by atoms with Gasteiger partial charge in [-0.2, -0.15) is 13.2 Å². The number of benzene rings is 2. The summed E-state index contributed by atoms with van der Waals surface area (Å²) in [5, 5.41) is 2.17. The molecule has 186 valence electrons. The van der Waals surface area contributed by atoms with Crippen LogP contribution in [-0.2, 0) is 21.2 Å². The van der Waals surface area contributed by atoms with E-state index in [0.717, 1.165) is 34.8 Å². The zero-order chi connectivity index (χ0) is 25.2. The van der Waals surface area contributed by atoms with Crippen LogP contribution >= 0.6 is 0 Å². The fourth-order valence-electron chi connectivity index (χ4n) is 7.26. The molecule has 1 heterocycles. The molecule has 0 radical (unpaired) electrons. The summed E-state index contributed by atoms with van der Waals surface area (Å²) in [6.07, 6.45) is 4.28. The van der Waals surface area contributed by atoms with E-state index in [1.807, 2.05) is 12.1 Å². The van der Waals surface area contributed by atoms with E-state index in [9.17, 15) is 27.6 Å². The van der Waals surface area contributed by atoms with Crippen molar-refractivity contribution >= 4 is 29.6 Å². The first-order valence-electron chi connectivity index (χ1n) is 12.3. The van der Waals surface area contributed by atoms with E-state index < -0.39 is 29.6 Å². The van der Waals surface area contributed by atoms with E-state index >= 15 is 0 Å². The normalized spacial score (nSPS) is 30.8. The quantitative estimate of drug-likeness (QED) is 0.431. The molecule has 0 atom stereocenters. The number of urea groups is 1. The molecule has 36 heavy (non-hydrogen) atoms. The molecule has 8 heteroatoms. The molecule has 4 aliphatic carbocycles. The number of nitrogens with zero attached hydrogens (tertiary/aromatic N) is 1. The average Bonchev–Trinajstić information content (AvgIpc) is 2.81. The Labute approximate surface area is 206 Å². The summed E-state index contributed by atoms with van der Waals surface area (Å²) in [6, 6.07) is 10.8. The standard InChI is InChI=1S/C28H25F3N2O3/c29-28(30,31)21-3-1-16(2-4-21)12-23-24(34)32-26(36)33(25(23)35)22-7-5-20(6-8-22)27-13-17-9-18(14-27)11-19(10-17)15-27/h1-8,12,17-19H,9-11,13-15H2,(H,32,34,36)/b23-12-. The van der Waals surface area contributed by atoms with Crippen LogP contribution in [-0.4, -0.2) is 17.8 Å². The molecule has 4 bridgehead atoms. The summed E-state index contributed by atoms with van der Waals surface area (Å²) in [4.78, 5) is 39.1. The molecule has 0 unspecified atom stereocenters. The Morgan fingerprint density at radius 2 is 1.39 bits per heavy atom. The molecule has 4 amide bonds. The lowest BCUT2D eigenvalue weighted by molar-refractivity contribution is -0.137. The van der Waals surface area contributed by atoms with Gasteiger partial charge in [-0.25, -0.2) is 9.69 Å². The maximum absolute atomic E-state index is 13.2. The Balaban J connectivity index is 1.26. The summed E-state index contributed by atoms with van der Waals surface area (Å²) in [5.41, 5.74) is 0.849. The van der Waals surface area contributed by atoms with Crippen LogP contribution < -0.4 is 10.2 Å². The van der Waals surface area contributed by atoms with Crippen LogP contribution in [0.2, 0.25) is 0 Å². The average molecular weight is 495 g/mol. The molecule has 0 spiro atoms. The third-order valence-corrected chi connectivity index (χ3v) is 8.43. The fraction of sp³-hybridized carbons (Fsp3) is 0.393. The van der Waals surface area contributed by atoms with Gasteiger partial charge < -0.3 is 0 Å². The molecule has 4 saturated carbocycles. The van der Waals surface area contributed by atoms with Gasteiger partial charge in [0.2, 0.25) is 0 Å². The Kier molecular flexibility index (Phi) is 5.14. The molecule has 2 aromatic carbocycles. The molecule has 1 aliphatic heterocycles. The second-order valence-corrected chi connectivity index (χ2v) is 10.8. The van der Waals surface area contributed by atoms with Gasteiger partial charge in [0.15, 0.2) is 0 Å². The first kappa shape index (κ1) is 23.0. The molecule has 5 fully saturated rings. The largest absolute Gasteiger partial charge is 0.416 e. The molecule has 5 nitrogen and oxygen atoms in total. The number of amides is 4. The molecule has 0 aromatic heterocycles. The molecule has 7 rings (SSSR count). The fourth-order valence-corrected chi connectivity index (χ4v) is 7.26. The molecule has 1 N–H and O–H groups in total. The third kappa shape index (κ3) is 3.83. The first-order valence-corrected chi connectivity index (χ1v) is 12.3. The number of barbiturate groups is 1. The van der Waals surface area contributed by atoms with Crippen molar-refractivity contribution in [3.8, 4) is 0 Å². The Bertz CT molecular complexity index is 1240. The second kappa shape index (κ2) is 8.05. The van der Waals surface area contributed by atoms with Gasteiger partial charge in [0.1, 0.15) is 5.57 Å². The van der Waals surface area contributed by atoms with Crippen molar-refractivity contribution in [3.05, 3.63) is 70.8 Å². The maximum Gasteiger partial charge on any atom is 0.416 e. The minimum atomic E-state index is -4.49. The molecule has 5 aliphatic rings. The summed E-state index contributed by atoms with van der Waals surface area (Å²) >= 11 is 0. The highest BCUT2D eigenvalue weighted by molar-refractivity contribution is 6.39. The predicted octanol–water partition coefficient (Wildman–Crippen LogP) is 5.84. The summed E-state index contributed by atoms with van der Waals surface area (Å²) in [6.45, 7) is 0. The van der Waals surface area contributed by atoms with Crippen LogP contribution in [0.1, 0.15) is 55.2 Å². The number of rotatable bonds is 3. The van der Waals surface area contributed by atoms with E-state index in [0.29, 0.717) is 5.69 Å². The van der Waals surface area contributed by atoms with Crippen molar-refractivity contribution in [2.24, 2.45) is 17.8 Å². The lowest BCUT2D eigenvalue weighted by Crippen LogP contribution is -2.54. The van der Waals surface area contributed by atoms with Crippen LogP contribution in [0.15, 0.2) is 54.1 Å². The summed E-state index contributed by atoms with van der Waals surface area (Å²) in [7, 11) is 0. The van der Waals surface area contributed by atoms with Gasteiger partial charge in [-0.1, -0.05) is 24.3 Å². The zero-order valence-electron chi connectivity index (χ0n) is 19.5. The number of carbonyl (C=O) groups is 3. The van der Waals surface area contributed by atoms with Crippen LogP contribution in [0.25, 0.3) is 6.08 Å². The van der Waals surface area contributed by atoms with Crippen molar-refractivity contribution < 1.29 is 27.6 Å². The van der Waals surface area contributed by atoms with E-state index in [1.54, 1.807) is 12.1 Å². The van der Waals surface area contributed by atoms with Gasteiger partial charge in [-0.3, -0.25) is 14.9 Å². The molecular weight excluding hydrogens is 469 g/mol. The molecule has 1 saturated heterocycles. The SMILES string of the molecule is O=C1NC(=O)N(c2ccc(C34CC5CC(CC(C5)C3)C4)cc2)C(=O)/C1=C\c1ccc(C(F)(F)F)cc1. The van der Waals surface area contributed by atoms with Crippen LogP contribution in [0.3, 0.4) is 0 Å². The highest BCUT2D eigenvalue weighted by Crippen LogP contribution is 2.60. The first-order chi connectivity index (χ1) is 17.1. The van der Waals surface area contributed by atoms with Crippen LogP contribution in [0.4, 0.5) is 23.7 Å². The number of alkyl halides is 3. The minimum Gasteiger partial charge on any atom is -0.273 e. The van der Waals surface area contributed by atoms with E-state index in [2.05, 4.69) is 5.32 Å². The van der Waals surface area contributed by atoms with Gasteiger partial charge in [0.05, 0.1) is 11.3 Å². The van der Waals surface area contributed by atoms with Crippen molar-refractivity contribution in [1.82, 2.24) is 5.32 Å². The molecular formula is C28H25F3N2O3. The van der Waals surface area contributed by atoms with Crippen molar-refractivity contribution in [2.75, 3.05) is 4.90 Å². The number of anilines is 1. The van der Waals surface area contributed by atoms with Gasteiger partial charge in [-0.15, -0.1) is 0 Å². The van der Waals surface area contributed by atoms with Crippen LogP contribution in [0.5, 0.6) is 0 Å². The number of imide groups is 2. The number of hydrogen-bond donors (Lipinski definition) is 1. The number of carbonyl (C=O) groups excluding carboxylic acids is 3. The van der Waals surface area contributed by atoms with Crippen LogP contribution in [0, 0.1) is 17.8 Å². The number of hydrogen-bond acceptors (Lipinski definition) is 3. The second-order valence-electron chi connectivity index (χ2n) is 10.8. The summed E-state index contributed by atoms with van der Waals surface area (Å²) in [5.74, 6) is 0.662. The minimum absolute atomic E-state index is 0.172. The molecule has 2 aromatic rings. The number of halogens is 3. The topological polar surface area (TPSA) is 66.5 Å². The van der Waals surface area contributed by atoms with Gasteiger partial charge in [-0.05, 0) is 103 Å². The van der Waals surface area contributed by atoms with E-state index in [-0.39, 0.29) is 16.6 Å². The van der Waals surface area contributed by atoms with Crippen molar-refractivity contribution in [2.45, 2.75) is 50.1 Å². The Hall–Kier alpha value is -3.42. The Morgan fingerprint density at radius 1 is 0.833 bits per heavy atom. The van der Waals surface area contributed by atoms with E-state index in [4.69, 9.17) is 0 Å². The van der Waals surface area contributed by atoms with E-state index in [1.165, 1.54) is 62.3 Å². The zero-order valence-corrected chi connectivity index (χ0v) is 19.5. The highest BCUT2D eigenvalue weighted by Gasteiger charge is 2.51.